The summed E-state index contributed by atoms with van der Waals surface area (Å²) in [5.41, 5.74) is 3.81. The number of aliphatic hydroxyl groups excluding tert-OH is 1. The molecule has 3 aromatic rings. The predicted octanol–water partition coefficient (Wildman–Crippen LogP) is 2.53. The maximum absolute atomic E-state index is 13.0. The zero-order chi connectivity index (χ0) is 22.7. The number of amides is 1. The fraction of sp³-hybridized carbons (Fsp3) is 0.435. The van der Waals surface area contributed by atoms with Crippen LogP contribution in [-0.2, 0) is 11.2 Å². The minimum atomic E-state index is -0.227. The van der Waals surface area contributed by atoms with Gasteiger partial charge in [-0.1, -0.05) is 0 Å². The Balaban J connectivity index is 0.000000567. The smallest absolute Gasteiger partial charge is 0.261 e. The Kier molecular flexibility index (Phi) is 6.57. The number of hydrogen-bond acceptors (Lipinski definition) is 7. The molecule has 1 saturated heterocycles. The Bertz CT molecular complexity index is 1090. The van der Waals surface area contributed by atoms with E-state index < -0.39 is 0 Å². The van der Waals surface area contributed by atoms with Crippen LogP contribution in [0.25, 0.3) is 5.65 Å². The van der Waals surface area contributed by atoms with Crippen molar-refractivity contribution in [1.29, 1.82) is 0 Å². The lowest BCUT2D eigenvalue weighted by Crippen LogP contribution is -2.36. The van der Waals surface area contributed by atoms with Crippen LogP contribution in [0.2, 0.25) is 0 Å². The molecule has 1 atom stereocenters. The summed E-state index contributed by atoms with van der Waals surface area (Å²) in [4.78, 5) is 19.5. The Morgan fingerprint density at radius 3 is 2.78 bits per heavy atom. The Morgan fingerprint density at radius 2 is 2.03 bits per heavy atom. The highest BCUT2D eigenvalue weighted by molar-refractivity contribution is 6.09. The monoisotopic (exact) mass is 439 g/mol. The van der Waals surface area contributed by atoms with Crippen LogP contribution in [0.3, 0.4) is 0 Å². The van der Waals surface area contributed by atoms with Crippen molar-refractivity contribution in [3.05, 3.63) is 47.9 Å². The van der Waals surface area contributed by atoms with E-state index in [9.17, 15) is 4.79 Å². The molecule has 2 aliphatic rings. The second-order valence-corrected chi connectivity index (χ2v) is 8.20. The van der Waals surface area contributed by atoms with Crippen molar-refractivity contribution in [3.8, 4) is 5.75 Å². The summed E-state index contributed by atoms with van der Waals surface area (Å²) in [6, 6.07) is 5.84. The second kappa shape index (κ2) is 9.54. The molecule has 32 heavy (non-hydrogen) atoms. The third kappa shape index (κ3) is 4.84. The highest BCUT2D eigenvalue weighted by Crippen LogP contribution is 2.39. The molecule has 0 radical (unpaired) electrons. The van der Waals surface area contributed by atoms with Gasteiger partial charge in [0.2, 0.25) is 0 Å². The lowest BCUT2D eigenvalue weighted by molar-refractivity contribution is 0.102. The number of anilines is 2. The van der Waals surface area contributed by atoms with Crippen LogP contribution in [0.4, 0.5) is 11.4 Å². The van der Waals surface area contributed by atoms with E-state index >= 15 is 0 Å². The lowest BCUT2D eigenvalue weighted by Gasteiger charge is -2.31. The van der Waals surface area contributed by atoms with E-state index in [0.29, 0.717) is 24.4 Å². The lowest BCUT2D eigenvalue weighted by atomic mass is 10.1. The van der Waals surface area contributed by atoms with Crippen LogP contribution in [-0.4, -0.2) is 64.1 Å². The molecule has 2 N–H and O–H groups in total. The summed E-state index contributed by atoms with van der Waals surface area (Å²) in [7, 11) is 0. The number of nitrogens with zero attached hydrogens (tertiary/aromatic N) is 4. The van der Waals surface area contributed by atoms with Gasteiger partial charge in [0.15, 0.2) is 5.65 Å². The summed E-state index contributed by atoms with van der Waals surface area (Å²) in [6.45, 7) is 8.38. The Hall–Kier alpha value is -3.17. The van der Waals surface area contributed by atoms with Gasteiger partial charge in [-0.3, -0.25) is 4.79 Å². The van der Waals surface area contributed by atoms with Crippen molar-refractivity contribution in [3.63, 3.8) is 0 Å². The molecule has 1 unspecified atom stereocenters. The number of carbonyl (C=O) groups excluding carboxylic acids is 1. The van der Waals surface area contributed by atoms with Gasteiger partial charge in [-0.2, -0.15) is 5.10 Å². The van der Waals surface area contributed by atoms with Crippen molar-refractivity contribution < 1.29 is 19.4 Å². The average Bonchev–Trinajstić information content (AvgIpc) is 3.35. The molecular weight excluding hydrogens is 410 g/mol. The average molecular weight is 440 g/mol. The van der Waals surface area contributed by atoms with E-state index in [4.69, 9.17) is 14.6 Å². The Labute approximate surface area is 187 Å². The van der Waals surface area contributed by atoms with Gasteiger partial charge >= 0.3 is 0 Å². The molecule has 2 aliphatic heterocycles. The number of ether oxygens (including phenoxy) is 2. The van der Waals surface area contributed by atoms with E-state index in [1.807, 2.05) is 12.1 Å². The molecule has 0 saturated carbocycles. The minimum Gasteiger partial charge on any atom is -0.490 e. The summed E-state index contributed by atoms with van der Waals surface area (Å²) < 4.78 is 13.0. The quantitative estimate of drug-likeness (QED) is 0.647. The SMILES string of the molecule is CC(C)O.CC1Cc2cc(NC(=O)c3cnn4cccnc34)c(N3CCOCC3)cc2O1. The zero-order valence-electron chi connectivity index (χ0n) is 18.6. The molecule has 9 nitrogen and oxygen atoms in total. The summed E-state index contributed by atoms with van der Waals surface area (Å²) in [6.07, 6.45) is 5.78. The predicted molar refractivity (Wildman–Crippen MR) is 122 cm³/mol. The number of carbonyl (C=O) groups is 1. The number of fused-ring (bicyclic) bond motifs is 2. The largest absolute Gasteiger partial charge is 0.490 e. The molecular formula is C23H29N5O4. The van der Waals surface area contributed by atoms with Gasteiger partial charge in [-0.15, -0.1) is 0 Å². The van der Waals surface area contributed by atoms with Crippen molar-refractivity contribution >= 4 is 22.9 Å². The van der Waals surface area contributed by atoms with Crippen LogP contribution >= 0.6 is 0 Å². The maximum Gasteiger partial charge on any atom is 0.261 e. The molecule has 9 heteroatoms. The highest BCUT2D eigenvalue weighted by Gasteiger charge is 2.25. The molecule has 1 fully saturated rings. The number of aliphatic hydroxyl groups is 1. The molecule has 1 aromatic carbocycles. The third-order valence-electron chi connectivity index (χ3n) is 5.14. The van der Waals surface area contributed by atoms with Crippen molar-refractivity contribution in [2.75, 3.05) is 36.5 Å². The second-order valence-electron chi connectivity index (χ2n) is 8.20. The highest BCUT2D eigenvalue weighted by atomic mass is 16.5. The van der Waals surface area contributed by atoms with Gasteiger partial charge in [0, 0.05) is 49.6 Å². The summed E-state index contributed by atoms with van der Waals surface area (Å²) >= 11 is 0. The number of rotatable bonds is 3. The molecule has 2 aromatic heterocycles. The van der Waals surface area contributed by atoms with Crippen LogP contribution in [0.1, 0.15) is 36.7 Å². The van der Waals surface area contributed by atoms with E-state index in [1.54, 1.807) is 43.0 Å². The first kappa shape index (κ1) is 22.0. The van der Waals surface area contributed by atoms with E-state index in [0.717, 1.165) is 42.2 Å². The molecule has 5 rings (SSSR count). The summed E-state index contributed by atoms with van der Waals surface area (Å²) in [5, 5.41) is 15.3. The van der Waals surface area contributed by atoms with Gasteiger partial charge in [0.1, 0.15) is 17.4 Å². The van der Waals surface area contributed by atoms with Gasteiger partial charge in [-0.05, 0) is 32.9 Å². The normalized spacial score (nSPS) is 17.5. The number of nitrogens with one attached hydrogen (secondary N) is 1. The number of hydrogen-bond donors (Lipinski definition) is 2. The fourth-order valence-corrected chi connectivity index (χ4v) is 3.79. The van der Waals surface area contributed by atoms with Gasteiger partial charge in [0.25, 0.3) is 5.91 Å². The van der Waals surface area contributed by atoms with E-state index in [-0.39, 0.29) is 18.1 Å². The van der Waals surface area contributed by atoms with E-state index in [2.05, 4.69) is 27.2 Å². The first-order chi connectivity index (χ1) is 15.4. The first-order valence-corrected chi connectivity index (χ1v) is 10.9. The van der Waals surface area contributed by atoms with Crippen molar-refractivity contribution in [2.45, 2.75) is 39.4 Å². The van der Waals surface area contributed by atoms with Gasteiger partial charge in [-0.25, -0.2) is 9.50 Å². The standard InChI is InChI=1S/C20H21N5O3.C3H8O/c1-13-9-14-10-16(17(11-18(14)28-13)24-5-7-27-8-6-24)23-20(26)15-12-22-25-4-2-3-21-19(15)25;1-3(2)4/h2-4,10-13H,5-9H2,1H3,(H,23,26);3-4H,1-2H3. The molecule has 0 spiro atoms. The molecule has 170 valence electrons. The molecule has 4 heterocycles. The Morgan fingerprint density at radius 1 is 1.28 bits per heavy atom. The van der Waals surface area contributed by atoms with Gasteiger partial charge in [0.05, 0.1) is 30.8 Å². The third-order valence-corrected chi connectivity index (χ3v) is 5.14. The molecule has 1 amide bonds. The fourth-order valence-electron chi connectivity index (χ4n) is 3.79. The number of morpholine rings is 1. The first-order valence-electron chi connectivity index (χ1n) is 10.9. The summed E-state index contributed by atoms with van der Waals surface area (Å²) in [5.74, 6) is 0.666. The number of aromatic nitrogens is 3. The number of benzene rings is 1. The van der Waals surface area contributed by atoms with E-state index in [1.165, 1.54) is 0 Å². The maximum atomic E-state index is 13.0. The van der Waals surface area contributed by atoms with Crippen molar-refractivity contribution in [1.82, 2.24) is 14.6 Å². The van der Waals surface area contributed by atoms with Gasteiger partial charge < -0.3 is 24.8 Å². The van der Waals surface area contributed by atoms with Crippen LogP contribution in [0, 0.1) is 0 Å². The van der Waals surface area contributed by atoms with Crippen LogP contribution in [0.5, 0.6) is 5.75 Å². The zero-order valence-corrected chi connectivity index (χ0v) is 18.6. The van der Waals surface area contributed by atoms with Crippen LogP contribution < -0.4 is 15.0 Å². The van der Waals surface area contributed by atoms with Crippen molar-refractivity contribution in [2.24, 2.45) is 0 Å². The molecule has 0 bridgehead atoms. The van der Waals surface area contributed by atoms with Crippen LogP contribution in [0.15, 0.2) is 36.8 Å². The minimum absolute atomic E-state index is 0.141. The topological polar surface area (TPSA) is 101 Å². The molecule has 0 aliphatic carbocycles.